The number of sulfonamides is 1. The van der Waals surface area contributed by atoms with Gasteiger partial charge in [0, 0.05) is 39.3 Å². The average Bonchev–Trinajstić information content (AvgIpc) is 2.77. The van der Waals surface area contributed by atoms with Crippen LogP contribution in [0.15, 0.2) is 59.5 Å². The van der Waals surface area contributed by atoms with Crippen LogP contribution in [0.3, 0.4) is 0 Å². The molecular formula is C25H36NO3SY-. The van der Waals surface area contributed by atoms with E-state index in [-0.39, 0.29) is 32.7 Å². The fourth-order valence-corrected chi connectivity index (χ4v) is 5.03. The van der Waals surface area contributed by atoms with E-state index in [9.17, 15) is 13.5 Å². The molecule has 0 aliphatic rings. The normalized spacial score (nSPS) is 12.2. The van der Waals surface area contributed by atoms with E-state index in [1.165, 1.54) is 4.31 Å². The van der Waals surface area contributed by atoms with Crippen LogP contribution in [0.1, 0.15) is 76.4 Å². The van der Waals surface area contributed by atoms with E-state index in [4.69, 9.17) is 0 Å². The average molecular weight is 520 g/mol. The molecule has 0 aliphatic heterocycles. The molecule has 0 spiro atoms. The second-order valence-electron chi connectivity index (χ2n) is 7.76. The Balaban J connectivity index is 0.00000480. The van der Waals surface area contributed by atoms with Gasteiger partial charge in [-0.15, -0.1) is 0 Å². The number of aliphatic hydroxyl groups is 1. The first kappa shape index (κ1) is 28.3. The largest absolute Gasteiger partial charge is 0.388 e. The first-order valence-corrected chi connectivity index (χ1v) is 12.6. The number of nitrogens with zero attached hydrogens (tertiary/aromatic N) is 1. The summed E-state index contributed by atoms with van der Waals surface area (Å²) >= 11 is 0. The molecule has 0 heterocycles. The van der Waals surface area contributed by atoms with Crippen molar-refractivity contribution >= 4 is 15.7 Å². The smallest absolute Gasteiger partial charge is 0.264 e. The summed E-state index contributed by atoms with van der Waals surface area (Å²) in [6.07, 6.45) is 8.24. The van der Waals surface area contributed by atoms with Gasteiger partial charge in [0.15, 0.2) is 0 Å². The van der Waals surface area contributed by atoms with Gasteiger partial charge in [-0.2, -0.15) is 6.42 Å². The maximum Gasteiger partial charge on any atom is 0.264 e. The quantitative estimate of drug-likeness (QED) is 0.236. The van der Waals surface area contributed by atoms with Crippen LogP contribution in [0.5, 0.6) is 0 Å². The number of hydrogen-bond acceptors (Lipinski definition) is 3. The van der Waals surface area contributed by atoms with Gasteiger partial charge >= 0.3 is 0 Å². The molecule has 2 aromatic rings. The number of hydrogen-bond donors (Lipinski definition) is 1. The number of rotatable bonds is 14. The van der Waals surface area contributed by atoms with Gasteiger partial charge in [0.05, 0.1) is 16.7 Å². The van der Waals surface area contributed by atoms with Crippen molar-refractivity contribution in [1.82, 2.24) is 0 Å². The Bertz CT molecular complexity index is 826. The molecule has 0 fully saturated rings. The van der Waals surface area contributed by atoms with Crippen LogP contribution in [-0.2, 0) is 42.7 Å². The van der Waals surface area contributed by atoms with Crippen molar-refractivity contribution in [1.29, 1.82) is 0 Å². The third-order valence-electron chi connectivity index (χ3n) is 5.34. The fraction of sp³-hybridized carbons (Fsp3) is 0.480. The maximum absolute atomic E-state index is 13.3. The minimum atomic E-state index is -3.64. The zero-order chi connectivity index (χ0) is 21.8. The molecule has 2 aromatic carbocycles. The summed E-state index contributed by atoms with van der Waals surface area (Å²) in [5.41, 5.74) is 1.47. The molecular weight excluding hydrogens is 483 g/mol. The molecule has 1 unspecified atom stereocenters. The second-order valence-corrected chi connectivity index (χ2v) is 9.62. The Morgan fingerprint density at radius 1 is 0.903 bits per heavy atom. The van der Waals surface area contributed by atoms with Crippen LogP contribution in [0.25, 0.3) is 0 Å². The fourth-order valence-electron chi connectivity index (χ4n) is 3.51. The molecule has 1 radical (unpaired) electrons. The monoisotopic (exact) mass is 519 g/mol. The zero-order valence-electron chi connectivity index (χ0n) is 18.7. The van der Waals surface area contributed by atoms with Crippen molar-refractivity contribution in [3.63, 3.8) is 0 Å². The third kappa shape index (κ3) is 8.96. The molecule has 0 bridgehead atoms. The molecule has 31 heavy (non-hydrogen) atoms. The molecule has 0 aliphatic carbocycles. The molecule has 0 saturated heterocycles. The van der Waals surface area contributed by atoms with Gasteiger partial charge in [0.2, 0.25) is 0 Å². The van der Waals surface area contributed by atoms with E-state index in [1.807, 2.05) is 30.3 Å². The Morgan fingerprint density at radius 3 is 2.16 bits per heavy atom. The number of anilines is 1. The summed E-state index contributed by atoms with van der Waals surface area (Å²) < 4.78 is 28.1. The number of unbranched alkanes of at least 4 members (excludes halogenated alkanes) is 6. The van der Waals surface area contributed by atoms with Crippen molar-refractivity contribution in [2.24, 2.45) is 0 Å². The number of benzene rings is 2. The molecule has 6 heteroatoms. The first-order chi connectivity index (χ1) is 14.5. The van der Waals surface area contributed by atoms with Gasteiger partial charge in [-0.05, 0) is 42.7 Å². The van der Waals surface area contributed by atoms with Gasteiger partial charge in [0.25, 0.3) is 10.0 Å². The summed E-state index contributed by atoms with van der Waals surface area (Å²) in [5.74, 6) is 0. The van der Waals surface area contributed by atoms with E-state index >= 15 is 0 Å². The first-order valence-electron chi connectivity index (χ1n) is 11.2. The Morgan fingerprint density at radius 2 is 1.55 bits per heavy atom. The molecule has 2 rings (SSSR count). The Kier molecular flexibility index (Phi) is 13.8. The standard InChI is InChI=1S/C25H36NO3S.Y/c1-3-5-7-8-13-21-26(30(28,29)24-14-11-9-12-15-24)23-19-17-22(18-20-23)25(27)16-10-6-4-2;/h9,11-12,14-15,17-20,25,27H,1,3-8,10,13,16,21H2,2H3;/q-1;. The van der Waals surface area contributed by atoms with Crippen LogP contribution in [0.4, 0.5) is 5.69 Å². The third-order valence-corrected chi connectivity index (χ3v) is 7.18. The van der Waals surface area contributed by atoms with Crippen LogP contribution in [0.2, 0.25) is 0 Å². The van der Waals surface area contributed by atoms with Gasteiger partial charge in [-0.3, -0.25) is 4.31 Å². The second kappa shape index (κ2) is 15.2. The molecule has 1 N–H and O–H groups in total. The minimum absolute atomic E-state index is 0. The van der Waals surface area contributed by atoms with Gasteiger partial charge in [-0.25, -0.2) is 8.42 Å². The predicted octanol–water partition coefficient (Wildman–Crippen LogP) is 6.28. The molecule has 1 atom stereocenters. The minimum Gasteiger partial charge on any atom is -0.388 e. The topological polar surface area (TPSA) is 57.6 Å². The number of aliphatic hydroxyl groups excluding tert-OH is 1. The van der Waals surface area contributed by atoms with Crippen molar-refractivity contribution in [2.45, 2.75) is 75.7 Å². The van der Waals surface area contributed by atoms with E-state index in [2.05, 4.69) is 13.8 Å². The van der Waals surface area contributed by atoms with Crippen molar-refractivity contribution in [3.05, 3.63) is 67.1 Å². The van der Waals surface area contributed by atoms with E-state index in [1.54, 1.807) is 24.3 Å². The van der Waals surface area contributed by atoms with Gasteiger partial charge in [0.1, 0.15) is 0 Å². The molecule has 169 valence electrons. The van der Waals surface area contributed by atoms with Crippen LogP contribution in [-0.4, -0.2) is 20.1 Å². The van der Waals surface area contributed by atoms with E-state index < -0.39 is 16.1 Å². The van der Waals surface area contributed by atoms with Crippen LogP contribution in [0, 0.1) is 6.92 Å². The van der Waals surface area contributed by atoms with Crippen molar-refractivity contribution < 1.29 is 46.2 Å². The zero-order valence-corrected chi connectivity index (χ0v) is 22.4. The predicted molar refractivity (Wildman–Crippen MR) is 125 cm³/mol. The Hall–Kier alpha value is -0.746. The van der Waals surface area contributed by atoms with E-state index in [0.29, 0.717) is 17.1 Å². The molecule has 0 aromatic heterocycles. The Labute approximate surface area is 214 Å². The SMILES string of the molecule is [CH2-]CCCCCCN(c1ccc(C(O)CCCCC)cc1)S(=O)(=O)c1ccccc1.[Y]. The summed E-state index contributed by atoms with van der Waals surface area (Å²) in [7, 11) is -3.64. The molecule has 0 amide bonds. The van der Waals surface area contributed by atoms with Crippen LogP contribution >= 0.6 is 0 Å². The van der Waals surface area contributed by atoms with Gasteiger partial charge in [-0.1, -0.05) is 75.8 Å². The van der Waals surface area contributed by atoms with Crippen LogP contribution < -0.4 is 4.31 Å². The summed E-state index contributed by atoms with van der Waals surface area (Å²) in [4.78, 5) is 0.298. The molecule has 0 saturated carbocycles. The van der Waals surface area contributed by atoms with E-state index in [0.717, 1.165) is 63.4 Å². The summed E-state index contributed by atoms with van der Waals surface area (Å²) in [5, 5.41) is 10.4. The van der Waals surface area contributed by atoms with Gasteiger partial charge < -0.3 is 12.0 Å². The van der Waals surface area contributed by atoms with Crippen molar-refractivity contribution in [3.8, 4) is 0 Å². The molecule has 4 nitrogen and oxygen atoms in total. The van der Waals surface area contributed by atoms with Crippen molar-refractivity contribution in [2.75, 3.05) is 10.8 Å². The maximum atomic E-state index is 13.3. The summed E-state index contributed by atoms with van der Waals surface area (Å²) in [6.45, 7) is 6.44. The summed E-state index contributed by atoms with van der Waals surface area (Å²) in [6, 6.07) is 15.9.